The number of carbonyl (C=O) groups excluding carboxylic acids is 1. The number of halogens is 3. The Morgan fingerprint density at radius 3 is 2.70 bits per heavy atom. The van der Waals surface area contributed by atoms with Gasteiger partial charge in [-0.1, -0.05) is 26.0 Å². The van der Waals surface area contributed by atoms with Crippen molar-refractivity contribution in [3.63, 3.8) is 0 Å². The molecule has 2 rings (SSSR count). The molecule has 1 aromatic rings. The van der Waals surface area contributed by atoms with Crippen LogP contribution in [0.25, 0.3) is 0 Å². The van der Waals surface area contributed by atoms with Crippen molar-refractivity contribution in [2.24, 2.45) is 5.92 Å². The van der Waals surface area contributed by atoms with Crippen molar-refractivity contribution < 1.29 is 18.7 Å². The molecule has 0 aromatic heterocycles. The summed E-state index contributed by atoms with van der Waals surface area (Å²) in [6.45, 7) is 6.55. The zero-order valence-electron chi connectivity index (χ0n) is 17.7. The molecule has 1 aromatic carbocycles. The van der Waals surface area contributed by atoms with E-state index in [-0.39, 0.29) is 25.3 Å². The molecule has 0 heterocycles. The molecule has 0 saturated heterocycles. The summed E-state index contributed by atoms with van der Waals surface area (Å²) >= 11 is 2.29. The van der Waals surface area contributed by atoms with Gasteiger partial charge in [-0.25, -0.2) is 8.78 Å². The van der Waals surface area contributed by atoms with Crippen molar-refractivity contribution >= 4 is 28.5 Å². The van der Waals surface area contributed by atoms with Crippen LogP contribution in [0.1, 0.15) is 44.7 Å². The molecule has 1 amide bonds. The number of rotatable bonds is 10. The van der Waals surface area contributed by atoms with Gasteiger partial charge in [0, 0.05) is 30.0 Å². The Kier molecular flexibility index (Phi) is 9.90. The van der Waals surface area contributed by atoms with E-state index in [4.69, 9.17) is 0 Å². The molecule has 30 heavy (non-hydrogen) atoms. The minimum Gasteiger partial charge on any atom is -0.390 e. The van der Waals surface area contributed by atoms with Crippen LogP contribution in [0.15, 0.2) is 41.8 Å². The van der Waals surface area contributed by atoms with E-state index in [1.807, 2.05) is 0 Å². The van der Waals surface area contributed by atoms with Gasteiger partial charge in [0.2, 0.25) is 5.91 Å². The van der Waals surface area contributed by atoms with Crippen molar-refractivity contribution in [2.45, 2.75) is 64.9 Å². The van der Waals surface area contributed by atoms with Crippen LogP contribution >= 0.6 is 22.6 Å². The molecule has 3 N–H and O–H groups in total. The molecule has 0 fully saturated rings. The van der Waals surface area contributed by atoms with Crippen LogP contribution in [0.5, 0.6) is 0 Å². The summed E-state index contributed by atoms with van der Waals surface area (Å²) in [5, 5.41) is 16.6. The van der Waals surface area contributed by atoms with E-state index in [1.165, 1.54) is 24.6 Å². The number of aliphatic hydroxyl groups excluding tert-OH is 1. The largest absolute Gasteiger partial charge is 0.390 e. The molecule has 0 aliphatic heterocycles. The first-order chi connectivity index (χ1) is 14.1. The number of aliphatic hydroxyl groups is 1. The van der Waals surface area contributed by atoms with Gasteiger partial charge in [0.15, 0.2) is 0 Å². The summed E-state index contributed by atoms with van der Waals surface area (Å²) in [6.07, 6.45) is 1.27. The van der Waals surface area contributed by atoms with Gasteiger partial charge >= 0.3 is 0 Å². The van der Waals surface area contributed by atoms with Gasteiger partial charge < -0.3 is 15.7 Å². The maximum absolute atomic E-state index is 13.6. The first-order valence-corrected chi connectivity index (χ1v) is 11.4. The molecule has 0 radical (unpaired) electrons. The van der Waals surface area contributed by atoms with Crippen LogP contribution in [0, 0.1) is 9.49 Å². The van der Waals surface area contributed by atoms with Crippen LogP contribution in [0.3, 0.4) is 0 Å². The van der Waals surface area contributed by atoms with E-state index < -0.39 is 24.1 Å². The predicted molar refractivity (Wildman–Crippen MR) is 124 cm³/mol. The number of nitrogens with one attached hydrogen (secondary N) is 2. The Hall–Kier alpha value is -1.32. The van der Waals surface area contributed by atoms with Crippen molar-refractivity contribution in [3.05, 3.63) is 56.4 Å². The number of alkyl halides is 1. The second-order valence-corrected chi connectivity index (χ2v) is 9.45. The Morgan fingerprint density at radius 2 is 2.07 bits per heavy atom. The lowest BCUT2D eigenvalue weighted by Crippen LogP contribution is -2.47. The second-order valence-electron chi connectivity index (χ2n) is 8.29. The van der Waals surface area contributed by atoms with Crippen molar-refractivity contribution in [3.8, 4) is 0 Å². The maximum Gasteiger partial charge on any atom is 0.217 e. The van der Waals surface area contributed by atoms with Gasteiger partial charge in [0.25, 0.3) is 0 Å². The average Bonchev–Trinajstić information content (AvgIpc) is 2.62. The Labute approximate surface area is 191 Å². The third kappa shape index (κ3) is 8.43. The molecule has 3 atom stereocenters. The zero-order valence-corrected chi connectivity index (χ0v) is 19.9. The second kappa shape index (κ2) is 11.9. The highest BCUT2D eigenvalue weighted by molar-refractivity contribution is 14.1. The normalized spacial score (nSPS) is 18.6. The molecule has 0 spiro atoms. The Bertz CT molecular complexity index is 795. The van der Waals surface area contributed by atoms with Crippen molar-refractivity contribution in [1.82, 2.24) is 10.6 Å². The van der Waals surface area contributed by atoms with E-state index in [9.17, 15) is 18.7 Å². The van der Waals surface area contributed by atoms with Gasteiger partial charge in [-0.15, -0.1) is 0 Å². The SMILES string of the molecule is CC(=O)NC(CC1=CC(F)CC(F)=C1)C(O)CNCc1cc(CC(C)C)ccc1I. The first-order valence-electron chi connectivity index (χ1n) is 10.3. The first kappa shape index (κ1) is 24.9. The molecule has 4 nitrogen and oxygen atoms in total. The number of allylic oxidation sites excluding steroid dienone is 3. The Balaban J connectivity index is 1.97. The summed E-state index contributed by atoms with van der Waals surface area (Å²) in [4.78, 5) is 11.6. The quantitative estimate of drug-likeness (QED) is 0.393. The summed E-state index contributed by atoms with van der Waals surface area (Å²) in [7, 11) is 0. The zero-order chi connectivity index (χ0) is 22.3. The van der Waals surface area contributed by atoms with Gasteiger partial charge in [0.1, 0.15) is 12.0 Å². The topological polar surface area (TPSA) is 61.4 Å². The summed E-state index contributed by atoms with van der Waals surface area (Å²) in [5.41, 5.74) is 2.87. The van der Waals surface area contributed by atoms with E-state index in [2.05, 4.69) is 65.3 Å². The molecule has 1 aliphatic carbocycles. The number of hydrogen-bond acceptors (Lipinski definition) is 3. The number of carbonyl (C=O) groups is 1. The van der Waals surface area contributed by atoms with E-state index in [0.29, 0.717) is 18.0 Å². The molecule has 1 aliphatic rings. The highest BCUT2D eigenvalue weighted by atomic mass is 127. The van der Waals surface area contributed by atoms with Crippen LogP contribution in [-0.2, 0) is 17.8 Å². The third-order valence-electron chi connectivity index (χ3n) is 4.86. The third-order valence-corrected chi connectivity index (χ3v) is 5.91. The number of hydrogen-bond donors (Lipinski definition) is 3. The van der Waals surface area contributed by atoms with Crippen LogP contribution in [0.4, 0.5) is 8.78 Å². The van der Waals surface area contributed by atoms with Crippen LogP contribution in [-0.4, -0.2) is 35.9 Å². The number of benzene rings is 1. The lowest BCUT2D eigenvalue weighted by atomic mass is 9.95. The molecule has 7 heteroatoms. The smallest absolute Gasteiger partial charge is 0.217 e. The number of amides is 1. The van der Waals surface area contributed by atoms with E-state index >= 15 is 0 Å². The lowest BCUT2D eigenvalue weighted by Gasteiger charge is -2.25. The van der Waals surface area contributed by atoms with Crippen LogP contribution < -0.4 is 10.6 Å². The lowest BCUT2D eigenvalue weighted by molar-refractivity contribution is -0.120. The summed E-state index contributed by atoms with van der Waals surface area (Å²) < 4.78 is 28.3. The van der Waals surface area contributed by atoms with Crippen molar-refractivity contribution in [1.29, 1.82) is 0 Å². The molecular weight excluding hydrogens is 501 g/mol. The predicted octanol–water partition coefficient (Wildman–Crippen LogP) is 4.36. The molecule has 0 saturated carbocycles. The molecular formula is C23H31F2IN2O2. The van der Waals surface area contributed by atoms with Gasteiger partial charge in [-0.2, -0.15) is 0 Å². The fraction of sp³-hybridized carbons (Fsp3) is 0.522. The van der Waals surface area contributed by atoms with Crippen molar-refractivity contribution in [2.75, 3.05) is 6.54 Å². The maximum atomic E-state index is 13.6. The minimum absolute atomic E-state index is 0.164. The van der Waals surface area contributed by atoms with Gasteiger partial charge in [-0.3, -0.25) is 4.79 Å². The fourth-order valence-electron chi connectivity index (χ4n) is 3.57. The molecule has 0 bridgehead atoms. The van der Waals surface area contributed by atoms with E-state index in [0.717, 1.165) is 15.6 Å². The monoisotopic (exact) mass is 532 g/mol. The van der Waals surface area contributed by atoms with Crippen LogP contribution in [0.2, 0.25) is 0 Å². The summed E-state index contributed by atoms with van der Waals surface area (Å²) in [6, 6.07) is 5.77. The molecule has 166 valence electrons. The van der Waals surface area contributed by atoms with Gasteiger partial charge in [-0.05, 0) is 76.3 Å². The summed E-state index contributed by atoms with van der Waals surface area (Å²) in [5.74, 6) is -0.249. The fourth-order valence-corrected chi connectivity index (χ4v) is 4.10. The standard InChI is InChI=1S/C23H31F2IN2O2/c1-14(2)6-16-4-5-21(26)18(7-16)12-27-13-23(30)22(28-15(3)29)10-17-8-19(24)11-20(25)9-17/h4-5,7-9,14,19,22-23,27,30H,6,10-13H2,1-3H3,(H,28,29). The minimum atomic E-state index is -1.38. The average molecular weight is 532 g/mol. The Morgan fingerprint density at radius 1 is 1.33 bits per heavy atom. The highest BCUT2D eigenvalue weighted by Gasteiger charge is 2.23. The molecule has 3 unspecified atom stereocenters. The highest BCUT2D eigenvalue weighted by Crippen LogP contribution is 2.24. The van der Waals surface area contributed by atoms with E-state index in [1.54, 1.807) is 0 Å². The van der Waals surface area contributed by atoms with Gasteiger partial charge in [0.05, 0.1) is 12.1 Å².